The summed E-state index contributed by atoms with van der Waals surface area (Å²) < 4.78 is 5.20. The summed E-state index contributed by atoms with van der Waals surface area (Å²) in [6.45, 7) is 5.27. The van der Waals surface area contributed by atoms with E-state index in [1.54, 1.807) is 7.11 Å². The van der Waals surface area contributed by atoms with Crippen molar-refractivity contribution < 1.29 is 4.74 Å². The van der Waals surface area contributed by atoms with Gasteiger partial charge in [0.2, 0.25) is 0 Å². The molecule has 4 heteroatoms. The van der Waals surface area contributed by atoms with Crippen LogP contribution in [0.15, 0.2) is 24.3 Å². The lowest BCUT2D eigenvalue weighted by molar-refractivity contribution is 0.153. The van der Waals surface area contributed by atoms with E-state index in [9.17, 15) is 0 Å². The molecule has 1 aromatic rings. The van der Waals surface area contributed by atoms with E-state index in [0.717, 1.165) is 37.0 Å². The average Bonchev–Trinajstić information content (AvgIpc) is 2.78. The van der Waals surface area contributed by atoms with Gasteiger partial charge in [0.25, 0.3) is 0 Å². The van der Waals surface area contributed by atoms with Crippen molar-refractivity contribution >= 4 is 17.3 Å². The second-order valence-electron chi connectivity index (χ2n) is 4.85. The van der Waals surface area contributed by atoms with Gasteiger partial charge in [-0.05, 0) is 37.1 Å². The molecule has 1 aliphatic rings. The molecule has 1 saturated heterocycles. The summed E-state index contributed by atoms with van der Waals surface area (Å²) in [6.07, 6.45) is 1.25. The van der Waals surface area contributed by atoms with E-state index < -0.39 is 0 Å². The Morgan fingerprint density at radius 1 is 1.50 bits per heavy atom. The lowest BCUT2D eigenvalue weighted by Gasteiger charge is -2.16. The van der Waals surface area contributed by atoms with Crippen LogP contribution in [-0.2, 0) is 4.74 Å². The molecule has 18 heavy (non-hydrogen) atoms. The third-order valence-electron chi connectivity index (χ3n) is 3.35. The molecule has 0 aliphatic carbocycles. The number of benzene rings is 1. The van der Waals surface area contributed by atoms with Crippen molar-refractivity contribution in [3.05, 3.63) is 29.3 Å². The van der Waals surface area contributed by atoms with Gasteiger partial charge in [0.15, 0.2) is 0 Å². The molecule has 100 valence electrons. The second kappa shape index (κ2) is 6.98. The molecule has 1 N–H and O–H groups in total. The largest absolute Gasteiger partial charge is 0.384 e. The molecule has 0 bridgehead atoms. The standard InChI is InChI=1S/C14H21ClN2O/c1-18-11-12-5-7-17(10-12)8-6-16-14-4-2-3-13(15)9-14/h2-4,9,12,16H,5-8,10-11H2,1H3. The predicted octanol–water partition coefficient (Wildman–Crippen LogP) is 2.72. The highest BCUT2D eigenvalue weighted by atomic mass is 35.5. The minimum Gasteiger partial charge on any atom is -0.384 e. The number of nitrogens with one attached hydrogen (secondary N) is 1. The molecule has 1 fully saturated rings. The molecule has 1 unspecified atom stereocenters. The van der Waals surface area contributed by atoms with Crippen LogP contribution in [0.1, 0.15) is 6.42 Å². The summed E-state index contributed by atoms with van der Waals surface area (Å²) >= 11 is 5.94. The van der Waals surface area contributed by atoms with Gasteiger partial charge in [-0.1, -0.05) is 17.7 Å². The minimum atomic E-state index is 0.709. The van der Waals surface area contributed by atoms with Crippen molar-refractivity contribution in [2.24, 2.45) is 5.92 Å². The van der Waals surface area contributed by atoms with E-state index in [0.29, 0.717) is 5.92 Å². The Morgan fingerprint density at radius 2 is 2.39 bits per heavy atom. The maximum atomic E-state index is 5.94. The Kier molecular flexibility index (Phi) is 5.29. The molecule has 0 radical (unpaired) electrons. The highest BCUT2D eigenvalue weighted by Gasteiger charge is 2.21. The molecule has 1 atom stereocenters. The molecule has 2 rings (SSSR count). The number of likely N-dealkylation sites (tertiary alicyclic amines) is 1. The number of nitrogens with zero attached hydrogens (tertiary/aromatic N) is 1. The van der Waals surface area contributed by atoms with Crippen molar-refractivity contribution in [1.82, 2.24) is 4.90 Å². The quantitative estimate of drug-likeness (QED) is 0.859. The van der Waals surface area contributed by atoms with Gasteiger partial charge in [0.05, 0.1) is 6.61 Å². The number of ether oxygens (including phenoxy) is 1. The van der Waals surface area contributed by atoms with E-state index in [-0.39, 0.29) is 0 Å². The van der Waals surface area contributed by atoms with Crippen molar-refractivity contribution in [1.29, 1.82) is 0 Å². The Morgan fingerprint density at radius 3 is 3.17 bits per heavy atom. The van der Waals surface area contributed by atoms with Crippen molar-refractivity contribution in [3.63, 3.8) is 0 Å². The van der Waals surface area contributed by atoms with Gasteiger partial charge < -0.3 is 15.0 Å². The number of hydrogen-bond acceptors (Lipinski definition) is 3. The zero-order valence-electron chi connectivity index (χ0n) is 10.9. The normalized spacial score (nSPS) is 20.2. The van der Waals surface area contributed by atoms with Crippen LogP contribution in [0, 0.1) is 5.92 Å². The van der Waals surface area contributed by atoms with Gasteiger partial charge in [0, 0.05) is 37.5 Å². The summed E-state index contributed by atoms with van der Waals surface area (Å²) in [5, 5.41) is 4.18. The molecular formula is C14H21ClN2O. The van der Waals surface area contributed by atoms with Gasteiger partial charge in [-0.15, -0.1) is 0 Å². The molecule has 0 aromatic heterocycles. The van der Waals surface area contributed by atoms with Crippen LogP contribution in [0.3, 0.4) is 0 Å². The second-order valence-corrected chi connectivity index (χ2v) is 5.28. The van der Waals surface area contributed by atoms with E-state index in [1.807, 2.05) is 24.3 Å². The fraction of sp³-hybridized carbons (Fsp3) is 0.571. The first-order valence-electron chi connectivity index (χ1n) is 6.48. The lowest BCUT2D eigenvalue weighted by Crippen LogP contribution is -2.27. The van der Waals surface area contributed by atoms with Gasteiger partial charge >= 0.3 is 0 Å². The molecule has 0 spiro atoms. The highest BCUT2D eigenvalue weighted by molar-refractivity contribution is 6.30. The predicted molar refractivity (Wildman–Crippen MR) is 76.4 cm³/mol. The third-order valence-corrected chi connectivity index (χ3v) is 3.59. The number of halogens is 1. The average molecular weight is 269 g/mol. The maximum absolute atomic E-state index is 5.94. The van der Waals surface area contributed by atoms with E-state index in [4.69, 9.17) is 16.3 Å². The zero-order valence-corrected chi connectivity index (χ0v) is 11.6. The first-order valence-corrected chi connectivity index (χ1v) is 6.86. The molecule has 1 heterocycles. The monoisotopic (exact) mass is 268 g/mol. The summed E-state index contributed by atoms with van der Waals surface area (Å²) in [5.74, 6) is 0.709. The minimum absolute atomic E-state index is 0.709. The van der Waals surface area contributed by atoms with E-state index >= 15 is 0 Å². The summed E-state index contributed by atoms with van der Waals surface area (Å²) in [4.78, 5) is 2.49. The van der Waals surface area contributed by atoms with Crippen molar-refractivity contribution in [2.45, 2.75) is 6.42 Å². The van der Waals surface area contributed by atoms with Crippen molar-refractivity contribution in [3.8, 4) is 0 Å². The van der Waals surface area contributed by atoms with Gasteiger partial charge in [-0.25, -0.2) is 0 Å². The maximum Gasteiger partial charge on any atom is 0.0503 e. The summed E-state index contributed by atoms with van der Waals surface area (Å²) in [7, 11) is 1.78. The fourth-order valence-electron chi connectivity index (χ4n) is 2.44. The first-order chi connectivity index (χ1) is 8.78. The van der Waals surface area contributed by atoms with Crippen LogP contribution in [0.4, 0.5) is 5.69 Å². The Bertz CT molecular complexity index is 373. The van der Waals surface area contributed by atoms with Crippen LogP contribution >= 0.6 is 11.6 Å². The van der Waals surface area contributed by atoms with Crippen LogP contribution in [-0.4, -0.2) is 44.8 Å². The van der Waals surface area contributed by atoms with Crippen LogP contribution < -0.4 is 5.32 Å². The Balaban J connectivity index is 1.67. The lowest BCUT2D eigenvalue weighted by atomic mass is 10.1. The van der Waals surface area contributed by atoms with Crippen LogP contribution in [0.2, 0.25) is 5.02 Å². The topological polar surface area (TPSA) is 24.5 Å². The molecule has 3 nitrogen and oxygen atoms in total. The fourth-order valence-corrected chi connectivity index (χ4v) is 2.63. The molecular weight excluding hydrogens is 248 g/mol. The van der Waals surface area contributed by atoms with Gasteiger partial charge in [0.1, 0.15) is 0 Å². The van der Waals surface area contributed by atoms with Crippen LogP contribution in [0.25, 0.3) is 0 Å². The number of hydrogen-bond donors (Lipinski definition) is 1. The SMILES string of the molecule is COCC1CCN(CCNc2cccc(Cl)c2)C1. The molecule has 0 amide bonds. The Labute approximate surface area is 114 Å². The smallest absolute Gasteiger partial charge is 0.0503 e. The van der Waals surface area contributed by atoms with Crippen molar-refractivity contribution in [2.75, 3.05) is 45.2 Å². The van der Waals surface area contributed by atoms with E-state index in [1.165, 1.54) is 13.0 Å². The summed E-state index contributed by atoms with van der Waals surface area (Å²) in [5.41, 5.74) is 1.09. The zero-order chi connectivity index (χ0) is 12.8. The number of methoxy groups -OCH3 is 1. The summed E-state index contributed by atoms with van der Waals surface area (Å²) in [6, 6.07) is 7.86. The number of anilines is 1. The molecule has 1 aromatic carbocycles. The number of rotatable bonds is 6. The molecule has 1 aliphatic heterocycles. The van der Waals surface area contributed by atoms with E-state index in [2.05, 4.69) is 10.2 Å². The van der Waals surface area contributed by atoms with Crippen LogP contribution in [0.5, 0.6) is 0 Å². The Hall–Kier alpha value is -0.770. The highest BCUT2D eigenvalue weighted by Crippen LogP contribution is 2.17. The van der Waals surface area contributed by atoms with Gasteiger partial charge in [-0.3, -0.25) is 0 Å². The molecule has 0 saturated carbocycles. The first kappa shape index (κ1) is 13.7. The third kappa shape index (κ3) is 4.16. The van der Waals surface area contributed by atoms with Gasteiger partial charge in [-0.2, -0.15) is 0 Å².